The third kappa shape index (κ3) is 5.02. The van der Waals surface area contributed by atoms with Crippen molar-refractivity contribution in [2.24, 2.45) is 0 Å². The van der Waals surface area contributed by atoms with Gasteiger partial charge >= 0.3 is 5.97 Å². The summed E-state index contributed by atoms with van der Waals surface area (Å²) in [5, 5.41) is 2.63. The number of carbonyl (C=O) groups excluding carboxylic acids is 2. The Morgan fingerprint density at radius 1 is 1.22 bits per heavy atom. The molecule has 0 unspecified atom stereocenters. The Bertz CT molecular complexity index is 703. The Balaban J connectivity index is 2.13. The Hall–Kier alpha value is -1.96. The molecule has 0 aliphatic heterocycles. The van der Waals surface area contributed by atoms with E-state index in [1.165, 1.54) is 31.4 Å². The van der Waals surface area contributed by atoms with Crippen LogP contribution in [-0.4, -0.2) is 25.0 Å². The Morgan fingerprint density at radius 2 is 1.91 bits per heavy atom. The first kappa shape index (κ1) is 17.4. The van der Waals surface area contributed by atoms with Gasteiger partial charge in [-0.15, -0.1) is 0 Å². The maximum atomic E-state index is 12.9. The highest BCUT2D eigenvalue weighted by atomic mass is 127. The summed E-state index contributed by atoms with van der Waals surface area (Å²) in [4.78, 5) is 24.1. The molecule has 0 aliphatic carbocycles. The van der Waals surface area contributed by atoms with Gasteiger partial charge in [-0.05, 0) is 64.6 Å². The van der Waals surface area contributed by atoms with E-state index in [1.807, 2.05) is 24.3 Å². The Labute approximate surface area is 147 Å². The Morgan fingerprint density at radius 3 is 2.52 bits per heavy atom. The van der Waals surface area contributed by atoms with Gasteiger partial charge in [-0.1, -0.05) is 12.1 Å². The summed E-state index contributed by atoms with van der Waals surface area (Å²) in [6, 6.07) is 11.9. The summed E-state index contributed by atoms with van der Waals surface area (Å²) in [5.41, 5.74) is 1.19. The lowest BCUT2D eigenvalue weighted by atomic mass is 10.1. The summed E-state index contributed by atoms with van der Waals surface area (Å²) in [7, 11) is 1.27. The molecule has 0 radical (unpaired) electrons. The molecular formula is C17H15FINO3. The van der Waals surface area contributed by atoms with E-state index in [0.29, 0.717) is 6.42 Å². The van der Waals surface area contributed by atoms with Crippen molar-refractivity contribution < 1.29 is 18.7 Å². The molecule has 1 amide bonds. The highest BCUT2D eigenvalue weighted by Gasteiger charge is 2.22. The SMILES string of the molecule is COC(=O)[C@H](Cc1cccc(I)c1)NC(=O)c1ccc(F)cc1. The summed E-state index contributed by atoms with van der Waals surface area (Å²) in [6.07, 6.45) is 0.316. The van der Waals surface area contributed by atoms with Crippen molar-refractivity contribution in [3.05, 3.63) is 69.0 Å². The molecule has 0 bridgehead atoms. The van der Waals surface area contributed by atoms with Gasteiger partial charge in [0.15, 0.2) is 0 Å². The average Bonchev–Trinajstić information content (AvgIpc) is 2.54. The zero-order valence-corrected chi connectivity index (χ0v) is 14.5. The van der Waals surface area contributed by atoms with Gasteiger partial charge in [0.25, 0.3) is 5.91 Å². The van der Waals surface area contributed by atoms with Gasteiger partial charge in [0.2, 0.25) is 0 Å². The Kier molecular flexibility index (Phi) is 6.09. The number of hydrogen-bond donors (Lipinski definition) is 1. The molecule has 2 aromatic rings. The van der Waals surface area contributed by atoms with Crippen LogP contribution < -0.4 is 5.32 Å². The first-order chi connectivity index (χ1) is 11.0. The number of halogens is 2. The number of carbonyl (C=O) groups is 2. The predicted octanol–water partition coefficient (Wildman–Crippen LogP) is 2.94. The fourth-order valence-corrected chi connectivity index (χ4v) is 2.69. The summed E-state index contributed by atoms with van der Waals surface area (Å²) >= 11 is 2.18. The minimum atomic E-state index is -0.809. The molecule has 0 spiro atoms. The fraction of sp³-hybridized carbons (Fsp3) is 0.176. The average molecular weight is 427 g/mol. The molecule has 0 aromatic heterocycles. The lowest BCUT2D eigenvalue weighted by Gasteiger charge is -2.17. The second-order valence-corrected chi connectivity index (χ2v) is 6.14. The fourth-order valence-electron chi connectivity index (χ4n) is 2.08. The van der Waals surface area contributed by atoms with Crippen LogP contribution in [0.3, 0.4) is 0 Å². The lowest BCUT2D eigenvalue weighted by Crippen LogP contribution is -2.43. The van der Waals surface area contributed by atoms with Gasteiger partial charge in [-0.2, -0.15) is 0 Å². The molecule has 0 fully saturated rings. The molecule has 2 rings (SSSR count). The van der Waals surface area contributed by atoms with Crippen LogP contribution in [-0.2, 0) is 16.0 Å². The van der Waals surface area contributed by atoms with Crippen LogP contribution in [0.15, 0.2) is 48.5 Å². The molecule has 6 heteroatoms. The largest absolute Gasteiger partial charge is 0.467 e. The number of benzene rings is 2. The third-order valence-corrected chi connectivity index (χ3v) is 3.90. The molecule has 0 saturated carbocycles. The highest BCUT2D eigenvalue weighted by molar-refractivity contribution is 14.1. The number of nitrogens with one attached hydrogen (secondary N) is 1. The van der Waals surface area contributed by atoms with Crippen LogP contribution in [0, 0.1) is 9.39 Å². The molecule has 2 aromatic carbocycles. The van der Waals surface area contributed by atoms with Gasteiger partial charge in [0.05, 0.1) is 7.11 Å². The quantitative estimate of drug-likeness (QED) is 0.590. The minimum absolute atomic E-state index is 0.281. The van der Waals surface area contributed by atoms with Crippen LogP contribution in [0.5, 0.6) is 0 Å². The number of esters is 1. The zero-order valence-electron chi connectivity index (χ0n) is 12.4. The van der Waals surface area contributed by atoms with Crippen molar-refractivity contribution in [3.63, 3.8) is 0 Å². The van der Waals surface area contributed by atoms with Crippen LogP contribution in [0.1, 0.15) is 15.9 Å². The van der Waals surface area contributed by atoms with Crippen molar-refractivity contribution in [1.29, 1.82) is 0 Å². The smallest absolute Gasteiger partial charge is 0.328 e. The molecule has 0 aliphatic rings. The van der Waals surface area contributed by atoms with Gasteiger partial charge in [-0.3, -0.25) is 4.79 Å². The van der Waals surface area contributed by atoms with Gasteiger partial charge in [0.1, 0.15) is 11.9 Å². The molecule has 1 atom stereocenters. The van der Waals surface area contributed by atoms with Crippen molar-refractivity contribution in [3.8, 4) is 0 Å². The maximum Gasteiger partial charge on any atom is 0.328 e. The van der Waals surface area contributed by atoms with Crippen molar-refractivity contribution in [1.82, 2.24) is 5.32 Å². The van der Waals surface area contributed by atoms with Gasteiger partial charge < -0.3 is 10.1 Å². The van der Waals surface area contributed by atoms with Crippen molar-refractivity contribution >= 4 is 34.5 Å². The standard InChI is InChI=1S/C17H15FINO3/c1-23-17(22)15(10-11-3-2-4-14(19)9-11)20-16(21)12-5-7-13(18)8-6-12/h2-9,15H,10H2,1H3,(H,20,21)/t15-/m0/s1. The number of hydrogen-bond acceptors (Lipinski definition) is 3. The first-order valence-corrected chi connectivity index (χ1v) is 7.96. The van der Waals surface area contributed by atoms with Crippen LogP contribution in [0.4, 0.5) is 4.39 Å². The van der Waals surface area contributed by atoms with Crippen LogP contribution in [0.2, 0.25) is 0 Å². The normalized spacial score (nSPS) is 11.6. The number of methoxy groups -OCH3 is 1. The zero-order chi connectivity index (χ0) is 16.8. The van der Waals surface area contributed by atoms with E-state index in [9.17, 15) is 14.0 Å². The number of rotatable bonds is 5. The summed E-state index contributed by atoms with van der Waals surface area (Å²) < 4.78 is 18.7. The van der Waals surface area contributed by atoms with Gasteiger partial charge in [0, 0.05) is 15.6 Å². The highest BCUT2D eigenvalue weighted by Crippen LogP contribution is 2.11. The van der Waals surface area contributed by atoms with Crippen molar-refractivity contribution in [2.45, 2.75) is 12.5 Å². The minimum Gasteiger partial charge on any atom is -0.467 e. The molecular weight excluding hydrogens is 412 g/mol. The van der Waals surface area contributed by atoms with E-state index in [2.05, 4.69) is 27.9 Å². The van der Waals surface area contributed by atoms with E-state index < -0.39 is 23.7 Å². The van der Waals surface area contributed by atoms with Gasteiger partial charge in [-0.25, -0.2) is 9.18 Å². The van der Waals surface area contributed by atoms with E-state index in [0.717, 1.165) is 9.13 Å². The molecule has 1 N–H and O–H groups in total. The molecule has 0 heterocycles. The number of amides is 1. The van der Waals surface area contributed by atoms with E-state index >= 15 is 0 Å². The molecule has 0 saturated heterocycles. The molecule has 120 valence electrons. The van der Waals surface area contributed by atoms with E-state index in [4.69, 9.17) is 4.74 Å². The lowest BCUT2D eigenvalue weighted by molar-refractivity contribution is -0.142. The second-order valence-electron chi connectivity index (χ2n) is 4.89. The summed E-state index contributed by atoms with van der Waals surface area (Å²) in [5.74, 6) is -1.41. The van der Waals surface area contributed by atoms with Crippen molar-refractivity contribution in [2.75, 3.05) is 7.11 Å². The second kappa shape index (κ2) is 8.05. The van der Waals surface area contributed by atoms with Crippen LogP contribution >= 0.6 is 22.6 Å². The molecule has 4 nitrogen and oxygen atoms in total. The first-order valence-electron chi connectivity index (χ1n) is 6.88. The monoisotopic (exact) mass is 427 g/mol. The summed E-state index contributed by atoms with van der Waals surface area (Å²) in [6.45, 7) is 0. The molecule has 23 heavy (non-hydrogen) atoms. The topological polar surface area (TPSA) is 55.4 Å². The maximum absolute atomic E-state index is 12.9. The predicted molar refractivity (Wildman–Crippen MR) is 92.5 cm³/mol. The van der Waals surface area contributed by atoms with E-state index in [1.54, 1.807) is 0 Å². The number of ether oxygens (including phenoxy) is 1. The van der Waals surface area contributed by atoms with E-state index in [-0.39, 0.29) is 5.56 Å². The third-order valence-electron chi connectivity index (χ3n) is 3.23. The van der Waals surface area contributed by atoms with Crippen LogP contribution in [0.25, 0.3) is 0 Å².